The van der Waals surface area contributed by atoms with Crippen molar-refractivity contribution >= 4 is 41.1 Å². The van der Waals surface area contributed by atoms with Gasteiger partial charge in [-0.25, -0.2) is 0 Å². The third-order valence-corrected chi connectivity index (χ3v) is 14.7. The zero-order chi connectivity index (χ0) is 29.9. The molecule has 9 heteroatoms. The maximum atomic E-state index is 13.4. The first-order valence-electron chi connectivity index (χ1n) is 14.5. The normalized spacial score (nSPS) is 15.7. The van der Waals surface area contributed by atoms with Crippen LogP contribution in [-0.4, -0.2) is 67.8 Å². The lowest BCUT2D eigenvalue weighted by molar-refractivity contribution is -0.128. The lowest BCUT2D eigenvalue weighted by Crippen LogP contribution is -2.67. The zero-order valence-corrected chi connectivity index (χ0v) is 27.7. The number of likely N-dealkylation sites (N-methyl/N-ethyl adjacent to an activating group) is 1. The third-order valence-electron chi connectivity index (χ3n) is 8.47. The number of hydrogen-bond acceptors (Lipinski definition) is 7. The molecule has 1 aromatic heterocycles. The van der Waals surface area contributed by atoms with Crippen LogP contribution in [0.2, 0.25) is 5.04 Å². The number of amides is 1. The van der Waals surface area contributed by atoms with E-state index in [1.54, 1.807) is 0 Å². The SMILES string of the molecule is CN(C1CCOCC1)C(C)(C)C(=O)Nc1nnc(C(C)(C)CO[Si](c2ccccc2)(c2ccccc2)C(C)(C)C)s1. The number of nitrogens with zero attached hydrogens (tertiary/aromatic N) is 3. The molecule has 0 saturated carbocycles. The molecule has 7 nitrogen and oxygen atoms in total. The van der Waals surface area contributed by atoms with Crippen molar-refractivity contribution in [2.75, 3.05) is 32.2 Å². The second-order valence-corrected chi connectivity index (χ2v) is 18.5. The van der Waals surface area contributed by atoms with Crippen LogP contribution in [0.1, 0.15) is 66.3 Å². The predicted molar refractivity (Wildman–Crippen MR) is 171 cm³/mol. The number of ether oxygens (including phenoxy) is 1. The average Bonchev–Trinajstić information content (AvgIpc) is 3.43. The molecule has 4 rings (SSSR count). The van der Waals surface area contributed by atoms with Gasteiger partial charge >= 0.3 is 0 Å². The molecule has 1 N–H and O–H groups in total. The Labute approximate surface area is 250 Å². The van der Waals surface area contributed by atoms with E-state index >= 15 is 0 Å². The van der Waals surface area contributed by atoms with Gasteiger partial charge in [0.05, 0.1) is 5.54 Å². The van der Waals surface area contributed by atoms with Crippen LogP contribution in [0.4, 0.5) is 5.13 Å². The van der Waals surface area contributed by atoms with E-state index in [1.807, 2.05) is 20.9 Å². The van der Waals surface area contributed by atoms with Crippen LogP contribution in [-0.2, 0) is 19.4 Å². The first-order valence-corrected chi connectivity index (χ1v) is 17.2. The van der Waals surface area contributed by atoms with Gasteiger partial charge in [-0.3, -0.25) is 15.0 Å². The van der Waals surface area contributed by atoms with Crippen molar-refractivity contribution in [3.05, 3.63) is 65.7 Å². The fourth-order valence-electron chi connectivity index (χ4n) is 5.60. The fourth-order valence-corrected chi connectivity index (χ4v) is 11.2. The summed E-state index contributed by atoms with van der Waals surface area (Å²) in [7, 11) is -0.673. The highest BCUT2D eigenvalue weighted by molar-refractivity contribution is 7.15. The molecule has 0 radical (unpaired) electrons. The number of rotatable bonds is 10. The Balaban J connectivity index is 1.54. The van der Waals surface area contributed by atoms with Gasteiger partial charge in [-0.2, -0.15) is 0 Å². The quantitative estimate of drug-likeness (QED) is 0.325. The predicted octanol–water partition coefficient (Wildman–Crippen LogP) is 5.22. The van der Waals surface area contributed by atoms with E-state index in [-0.39, 0.29) is 10.9 Å². The van der Waals surface area contributed by atoms with Gasteiger partial charge in [0.2, 0.25) is 11.0 Å². The summed E-state index contributed by atoms with van der Waals surface area (Å²) in [4.78, 5) is 15.6. The molecule has 0 atom stereocenters. The first kappa shape index (κ1) is 31.5. The number of benzene rings is 2. The molecule has 41 heavy (non-hydrogen) atoms. The minimum Gasteiger partial charge on any atom is -0.406 e. The Bertz CT molecular complexity index is 1250. The summed E-state index contributed by atoms with van der Waals surface area (Å²) in [6, 6.07) is 21.6. The van der Waals surface area contributed by atoms with Gasteiger partial charge in [-0.05, 0) is 49.1 Å². The third kappa shape index (κ3) is 6.65. The molecule has 1 aliphatic heterocycles. The second-order valence-electron chi connectivity index (χ2n) is 13.2. The van der Waals surface area contributed by atoms with E-state index in [9.17, 15) is 4.79 Å². The summed E-state index contributed by atoms with van der Waals surface area (Å²) in [6.45, 7) is 17.0. The summed E-state index contributed by atoms with van der Waals surface area (Å²) in [5.41, 5.74) is -1.11. The smallest absolute Gasteiger partial charge is 0.261 e. The van der Waals surface area contributed by atoms with E-state index in [1.165, 1.54) is 21.7 Å². The largest absolute Gasteiger partial charge is 0.406 e. The van der Waals surface area contributed by atoms with Gasteiger partial charge in [0.15, 0.2) is 0 Å². The van der Waals surface area contributed by atoms with Crippen LogP contribution < -0.4 is 15.7 Å². The average molecular weight is 595 g/mol. The fraction of sp³-hybridized carbons (Fsp3) is 0.531. The molecule has 1 aliphatic rings. The lowest BCUT2D eigenvalue weighted by atomic mass is 9.96. The Morgan fingerprint density at radius 2 is 1.49 bits per heavy atom. The van der Waals surface area contributed by atoms with Crippen LogP contribution in [0, 0.1) is 0 Å². The van der Waals surface area contributed by atoms with Crippen LogP contribution in [0.25, 0.3) is 0 Å². The highest BCUT2D eigenvalue weighted by atomic mass is 32.1. The molecule has 222 valence electrons. The molecule has 1 amide bonds. The summed E-state index contributed by atoms with van der Waals surface area (Å²) in [6.07, 6.45) is 1.85. The minimum absolute atomic E-state index is 0.0874. The number of aromatic nitrogens is 2. The number of hydrogen-bond donors (Lipinski definition) is 1. The number of carbonyl (C=O) groups excluding carboxylic acids is 1. The van der Waals surface area contributed by atoms with Crippen molar-refractivity contribution in [3.63, 3.8) is 0 Å². The van der Waals surface area contributed by atoms with Gasteiger partial charge in [0.1, 0.15) is 5.01 Å². The van der Waals surface area contributed by atoms with Gasteiger partial charge in [-0.15, -0.1) is 10.2 Å². The Hall–Kier alpha value is -2.43. The first-order chi connectivity index (χ1) is 19.3. The topological polar surface area (TPSA) is 76.6 Å². The molecule has 3 aromatic rings. The van der Waals surface area contributed by atoms with Crippen molar-refractivity contribution in [2.24, 2.45) is 0 Å². The van der Waals surface area contributed by atoms with Gasteiger partial charge in [0.25, 0.3) is 8.32 Å². The van der Waals surface area contributed by atoms with Crippen LogP contribution in [0.15, 0.2) is 60.7 Å². The lowest BCUT2D eigenvalue weighted by Gasteiger charge is -2.44. The van der Waals surface area contributed by atoms with Crippen LogP contribution in [0.3, 0.4) is 0 Å². The van der Waals surface area contributed by atoms with Crippen molar-refractivity contribution in [2.45, 2.75) is 83.3 Å². The number of nitrogens with one attached hydrogen (secondary N) is 1. The molecular weight excluding hydrogens is 549 g/mol. The Kier molecular flexibility index (Phi) is 9.55. The molecule has 0 unspecified atom stereocenters. The summed E-state index contributed by atoms with van der Waals surface area (Å²) in [5, 5.41) is 15.7. The maximum Gasteiger partial charge on any atom is 0.261 e. The van der Waals surface area contributed by atoms with E-state index in [0.29, 0.717) is 17.8 Å². The number of anilines is 1. The molecule has 1 saturated heterocycles. The molecule has 0 spiro atoms. The monoisotopic (exact) mass is 594 g/mol. The van der Waals surface area contributed by atoms with Crippen molar-refractivity contribution in [1.82, 2.24) is 15.1 Å². The molecule has 0 aliphatic carbocycles. The highest BCUT2D eigenvalue weighted by Crippen LogP contribution is 2.39. The Morgan fingerprint density at radius 1 is 0.951 bits per heavy atom. The maximum absolute atomic E-state index is 13.4. The van der Waals surface area contributed by atoms with Crippen molar-refractivity contribution < 1.29 is 14.0 Å². The summed E-state index contributed by atoms with van der Waals surface area (Å²) < 4.78 is 12.7. The number of carbonyl (C=O) groups is 1. The van der Waals surface area contributed by atoms with Crippen LogP contribution >= 0.6 is 11.3 Å². The van der Waals surface area contributed by atoms with Crippen LogP contribution in [0.5, 0.6) is 0 Å². The minimum atomic E-state index is -2.69. The summed E-state index contributed by atoms with van der Waals surface area (Å²) >= 11 is 1.42. The van der Waals surface area contributed by atoms with Gasteiger partial charge in [0, 0.05) is 31.3 Å². The van der Waals surface area contributed by atoms with E-state index in [4.69, 9.17) is 9.16 Å². The Morgan fingerprint density at radius 3 is 2.00 bits per heavy atom. The molecule has 0 bridgehead atoms. The molecule has 2 aromatic carbocycles. The summed E-state index contributed by atoms with van der Waals surface area (Å²) in [5.74, 6) is -0.0874. The van der Waals surface area contributed by atoms with E-state index in [2.05, 4.69) is 116 Å². The standard InChI is InChI=1S/C32H46N4O3SSi/c1-30(2,3)41(25-15-11-9-12-16-25,26-17-13-10-14-18-26)39-23-31(4,5)28-34-35-29(40-28)33-27(37)32(6,7)36(8)24-19-21-38-22-20-24/h9-18,24H,19-23H2,1-8H3,(H,33,35,37). The van der Waals surface area contributed by atoms with Crippen molar-refractivity contribution in [1.29, 1.82) is 0 Å². The van der Waals surface area contributed by atoms with E-state index < -0.39 is 19.3 Å². The molecule has 1 fully saturated rings. The molecule has 2 heterocycles. The highest BCUT2D eigenvalue weighted by Gasteiger charge is 2.51. The van der Waals surface area contributed by atoms with Gasteiger partial charge < -0.3 is 9.16 Å². The second kappa shape index (κ2) is 12.4. The van der Waals surface area contributed by atoms with Gasteiger partial charge in [-0.1, -0.05) is 107 Å². The van der Waals surface area contributed by atoms with Crippen molar-refractivity contribution in [3.8, 4) is 0 Å². The zero-order valence-electron chi connectivity index (χ0n) is 25.9. The molecular formula is C32H46N4O3SSi. The van der Waals surface area contributed by atoms with E-state index in [0.717, 1.165) is 31.1 Å².